The summed E-state index contributed by atoms with van der Waals surface area (Å²) in [5.41, 5.74) is 0. The minimum atomic E-state index is 0.0378. The molecule has 0 aromatic rings. The molecule has 3 aliphatic heterocycles. The lowest BCUT2D eigenvalue weighted by Gasteiger charge is -2.41. The van der Waals surface area contributed by atoms with Crippen LogP contribution in [0.25, 0.3) is 0 Å². The Hall–Kier alpha value is -0.790. The molecule has 2 amide bonds. The quantitative estimate of drug-likeness (QED) is 0.757. The van der Waals surface area contributed by atoms with E-state index >= 15 is 0 Å². The number of amides is 2. The van der Waals surface area contributed by atoms with E-state index in [-0.39, 0.29) is 23.8 Å². The SMILES string of the molecule is O=C(CN1CC(C(=O)N2CCSCC2)C1)NCC1CCCO1. The van der Waals surface area contributed by atoms with Gasteiger partial charge < -0.3 is 15.0 Å². The Labute approximate surface area is 135 Å². The van der Waals surface area contributed by atoms with Crippen LogP contribution in [0, 0.1) is 5.92 Å². The number of ether oxygens (including phenoxy) is 1. The van der Waals surface area contributed by atoms with Crippen LogP contribution in [0.3, 0.4) is 0 Å². The molecule has 0 spiro atoms. The molecule has 3 saturated heterocycles. The van der Waals surface area contributed by atoms with E-state index in [0.29, 0.717) is 13.1 Å². The lowest BCUT2D eigenvalue weighted by Crippen LogP contribution is -2.57. The molecular weight excluding hydrogens is 302 g/mol. The molecule has 7 heteroatoms. The number of hydrogen-bond donors (Lipinski definition) is 1. The second kappa shape index (κ2) is 7.66. The van der Waals surface area contributed by atoms with Gasteiger partial charge in [0.1, 0.15) is 0 Å². The summed E-state index contributed by atoms with van der Waals surface area (Å²) >= 11 is 1.91. The van der Waals surface area contributed by atoms with Gasteiger partial charge in [-0.3, -0.25) is 14.5 Å². The van der Waals surface area contributed by atoms with Gasteiger partial charge in [0, 0.05) is 50.8 Å². The van der Waals surface area contributed by atoms with Gasteiger partial charge in [0.05, 0.1) is 18.6 Å². The van der Waals surface area contributed by atoms with E-state index in [0.717, 1.165) is 57.1 Å². The fourth-order valence-electron chi connectivity index (χ4n) is 3.19. The predicted octanol–water partition coefficient (Wildman–Crippen LogP) is -0.211. The van der Waals surface area contributed by atoms with Gasteiger partial charge in [-0.15, -0.1) is 0 Å². The maximum atomic E-state index is 12.3. The zero-order valence-corrected chi connectivity index (χ0v) is 13.8. The molecule has 0 radical (unpaired) electrons. The van der Waals surface area contributed by atoms with E-state index in [4.69, 9.17) is 4.74 Å². The third kappa shape index (κ3) is 4.14. The second-order valence-corrected chi connectivity index (χ2v) is 7.49. The molecule has 124 valence electrons. The van der Waals surface area contributed by atoms with Crippen LogP contribution in [0.15, 0.2) is 0 Å². The Morgan fingerprint density at radius 3 is 2.68 bits per heavy atom. The Kier molecular flexibility index (Phi) is 5.60. The highest BCUT2D eigenvalue weighted by Crippen LogP contribution is 2.20. The van der Waals surface area contributed by atoms with E-state index < -0.39 is 0 Å². The van der Waals surface area contributed by atoms with E-state index in [2.05, 4.69) is 5.32 Å². The third-order valence-corrected chi connectivity index (χ3v) is 5.49. The molecule has 0 aromatic carbocycles. The van der Waals surface area contributed by atoms with E-state index in [1.807, 2.05) is 21.6 Å². The first-order valence-electron chi connectivity index (χ1n) is 8.19. The summed E-state index contributed by atoms with van der Waals surface area (Å²) in [4.78, 5) is 28.2. The Morgan fingerprint density at radius 2 is 2.00 bits per heavy atom. The van der Waals surface area contributed by atoms with Crippen LogP contribution in [0.2, 0.25) is 0 Å². The van der Waals surface area contributed by atoms with Gasteiger partial charge >= 0.3 is 0 Å². The first-order valence-corrected chi connectivity index (χ1v) is 9.35. The molecule has 1 atom stereocenters. The highest BCUT2D eigenvalue weighted by atomic mass is 32.2. The predicted molar refractivity (Wildman–Crippen MR) is 85.8 cm³/mol. The highest BCUT2D eigenvalue weighted by molar-refractivity contribution is 7.99. The number of carbonyl (C=O) groups excluding carboxylic acids is 2. The Bertz CT molecular complexity index is 403. The minimum absolute atomic E-state index is 0.0378. The van der Waals surface area contributed by atoms with Crippen molar-refractivity contribution in [2.75, 3.05) is 57.4 Å². The average molecular weight is 327 g/mol. The molecule has 3 rings (SSSR count). The van der Waals surface area contributed by atoms with Crippen LogP contribution in [0.1, 0.15) is 12.8 Å². The maximum Gasteiger partial charge on any atom is 0.234 e. The smallest absolute Gasteiger partial charge is 0.234 e. The van der Waals surface area contributed by atoms with Crippen molar-refractivity contribution >= 4 is 23.6 Å². The van der Waals surface area contributed by atoms with Crippen molar-refractivity contribution in [3.8, 4) is 0 Å². The van der Waals surface area contributed by atoms with Gasteiger partial charge in [-0.25, -0.2) is 0 Å². The lowest BCUT2D eigenvalue weighted by molar-refractivity contribution is -0.142. The molecule has 1 unspecified atom stereocenters. The van der Waals surface area contributed by atoms with Gasteiger partial charge in [-0.2, -0.15) is 11.8 Å². The normalized spacial score (nSPS) is 26.7. The van der Waals surface area contributed by atoms with Crippen molar-refractivity contribution in [1.82, 2.24) is 15.1 Å². The fourth-order valence-corrected chi connectivity index (χ4v) is 4.09. The van der Waals surface area contributed by atoms with Crippen molar-refractivity contribution in [3.05, 3.63) is 0 Å². The summed E-state index contributed by atoms with van der Waals surface area (Å²) in [5, 5.41) is 2.93. The van der Waals surface area contributed by atoms with Crippen LogP contribution in [-0.2, 0) is 14.3 Å². The largest absolute Gasteiger partial charge is 0.376 e. The standard InChI is InChI=1S/C15H25N3O3S/c19-14(16-8-13-2-1-5-21-13)11-17-9-12(10-17)15(20)18-3-6-22-7-4-18/h12-13H,1-11H2,(H,16,19). The number of rotatable bonds is 5. The molecular formula is C15H25N3O3S. The van der Waals surface area contributed by atoms with Gasteiger partial charge in [0.15, 0.2) is 0 Å². The summed E-state index contributed by atoms with van der Waals surface area (Å²) in [5.74, 6) is 2.50. The van der Waals surface area contributed by atoms with E-state index in [9.17, 15) is 9.59 Å². The number of hydrogen-bond acceptors (Lipinski definition) is 5. The number of carbonyl (C=O) groups is 2. The van der Waals surface area contributed by atoms with E-state index in [1.165, 1.54) is 0 Å². The lowest BCUT2D eigenvalue weighted by atomic mass is 9.98. The Balaban J connectivity index is 1.31. The molecule has 0 saturated carbocycles. The van der Waals surface area contributed by atoms with Gasteiger partial charge in [0.25, 0.3) is 0 Å². The molecule has 3 fully saturated rings. The van der Waals surface area contributed by atoms with Gasteiger partial charge in [-0.05, 0) is 12.8 Å². The van der Waals surface area contributed by atoms with Crippen molar-refractivity contribution in [1.29, 1.82) is 0 Å². The third-order valence-electron chi connectivity index (χ3n) is 4.55. The summed E-state index contributed by atoms with van der Waals surface area (Å²) in [6.45, 7) is 5.01. The molecule has 6 nitrogen and oxygen atoms in total. The van der Waals surface area contributed by atoms with Crippen LogP contribution >= 0.6 is 11.8 Å². The molecule has 3 heterocycles. The number of nitrogens with one attached hydrogen (secondary N) is 1. The summed E-state index contributed by atoms with van der Waals surface area (Å²) in [7, 11) is 0. The van der Waals surface area contributed by atoms with E-state index in [1.54, 1.807) is 0 Å². The molecule has 0 bridgehead atoms. The number of thioether (sulfide) groups is 1. The number of likely N-dealkylation sites (tertiary alicyclic amines) is 1. The molecule has 0 aliphatic carbocycles. The zero-order valence-electron chi connectivity index (χ0n) is 13.0. The summed E-state index contributed by atoms with van der Waals surface area (Å²) in [6, 6.07) is 0. The molecule has 1 N–H and O–H groups in total. The first kappa shape index (κ1) is 16.1. The maximum absolute atomic E-state index is 12.3. The van der Waals surface area contributed by atoms with Crippen molar-refractivity contribution < 1.29 is 14.3 Å². The van der Waals surface area contributed by atoms with Crippen molar-refractivity contribution in [2.45, 2.75) is 18.9 Å². The van der Waals surface area contributed by atoms with Crippen LogP contribution in [0.5, 0.6) is 0 Å². The zero-order chi connectivity index (χ0) is 15.4. The Morgan fingerprint density at radius 1 is 1.23 bits per heavy atom. The summed E-state index contributed by atoms with van der Waals surface area (Å²) in [6.07, 6.45) is 2.31. The molecule has 0 aromatic heterocycles. The van der Waals surface area contributed by atoms with Crippen molar-refractivity contribution in [3.63, 3.8) is 0 Å². The topological polar surface area (TPSA) is 61.9 Å². The molecule has 3 aliphatic rings. The van der Waals surface area contributed by atoms with Crippen LogP contribution in [0.4, 0.5) is 0 Å². The van der Waals surface area contributed by atoms with Gasteiger partial charge in [-0.1, -0.05) is 0 Å². The first-order chi connectivity index (χ1) is 10.7. The molecule has 22 heavy (non-hydrogen) atoms. The summed E-state index contributed by atoms with van der Waals surface area (Å²) < 4.78 is 5.48. The number of nitrogens with zero attached hydrogens (tertiary/aromatic N) is 2. The second-order valence-electron chi connectivity index (χ2n) is 6.27. The van der Waals surface area contributed by atoms with Crippen LogP contribution in [-0.4, -0.2) is 85.1 Å². The van der Waals surface area contributed by atoms with Crippen molar-refractivity contribution in [2.24, 2.45) is 5.92 Å². The average Bonchev–Trinajstić information content (AvgIpc) is 3.02. The van der Waals surface area contributed by atoms with Gasteiger partial charge in [0.2, 0.25) is 11.8 Å². The monoisotopic (exact) mass is 327 g/mol. The highest BCUT2D eigenvalue weighted by Gasteiger charge is 2.36. The van der Waals surface area contributed by atoms with Crippen LogP contribution < -0.4 is 5.32 Å². The fraction of sp³-hybridized carbons (Fsp3) is 0.867. The minimum Gasteiger partial charge on any atom is -0.376 e.